The number of benzene rings is 2. The first-order chi connectivity index (χ1) is 9.00. The Morgan fingerprint density at radius 1 is 1.05 bits per heavy atom. The van der Waals surface area contributed by atoms with Crippen LogP contribution in [0, 0.1) is 11.6 Å². The first kappa shape index (κ1) is 12.8. The van der Waals surface area contributed by atoms with Crippen LogP contribution in [0.15, 0.2) is 36.4 Å². The van der Waals surface area contributed by atoms with Crippen LogP contribution >= 0.6 is 0 Å². The molecule has 0 aliphatic carbocycles. The summed E-state index contributed by atoms with van der Waals surface area (Å²) in [6, 6.07) is 7.81. The number of nitrogens with two attached hydrogens (primary N) is 2. The third kappa shape index (κ3) is 2.47. The Balaban J connectivity index is 2.42. The Kier molecular flexibility index (Phi) is 3.33. The summed E-state index contributed by atoms with van der Waals surface area (Å²) < 4.78 is 31.6. The molecule has 0 atom stereocenters. The number of primary amides is 1. The van der Waals surface area contributed by atoms with E-state index in [1.807, 2.05) is 0 Å². The molecule has 0 saturated heterocycles. The number of rotatable bonds is 3. The predicted octanol–water partition coefficient (Wildman–Crippen LogP) is 2.44. The van der Waals surface area contributed by atoms with E-state index < -0.39 is 17.5 Å². The van der Waals surface area contributed by atoms with E-state index in [4.69, 9.17) is 16.2 Å². The Bertz CT molecular complexity index is 645. The number of ether oxygens (including phenoxy) is 1. The number of carbonyl (C=O) groups excluding carboxylic acids is 1. The van der Waals surface area contributed by atoms with Gasteiger partial charge in [-0.25, -0.2) is 4.39 Å². The maximum absolute atomic E-state index is 13.4. The molecule has 1 amide bonds. The molecular weight excluding hydrogens is 254 g/mol. The minimum absolute atomic E-state index is 0.0285. The topological polar surface area (TPSA) is 78.3 Å². The number of nitrogen functional groups attached to an aromatic ring is 1. The highest BCUT2D eigenvalue weighted by molar-refractivity contribution is 5.99. The van der Waals surface area contributed by atoms with Crippen LogP contribution in [0.2, 0.25) is 0 Å². The van der Waals surface area contributed by atoms with Gasteiger partial charge in [-0.2, -0.15) is 4.39 Å². The smallest absolute Gasteiger partial charge is 0.250 e. The van der Waals surface area contributed by atoms with Crippen LogP contribution in [-0.4, -0.2) is 5.91 Å². The lowest BCUT2D eigenvalue weighted by atomic mass is 10.1. The lowest BCUT2D eigenvalue weighted by molar-refractivity contribution is 0.100. The van der Waals surface area contributed by atoms with Crippen molar-refractivity contribution in [2.24, 2.45) is 5.73 Å². The van der Waals surface area contributed by atoms with Crippen molar-refractivity contribution in [1.29, 1.82) is 0 Å². The number of halogens is 2. The van der Waals surface area contributed by atoms with Crippen molar-refractivity contribution in [3.8, 4) is 11.5 Å². The van der Waals surface area contributed by atoms with Crippen LogP contribution in [0.1, 0.15) is 10.4 Å². The number of hydrogen-bond donors (Lipinski definition) is 2. The second-order valence-electron chi connectivity index (χ2n) is 3.74. The first-order valence-electron chi connectivity index (χ1n) is 5.31. The molecule has 0 aliphatic heterocycles. The molecule has 2 aromatic rings. The van der Waals surface area contributed by atoms with Gasteiger partial charge in [-0.3, -0.25) is 4.79 Å². The van der Waals surface area contributed by atoms with Crippen LogP contribution in [-0.2, 0) is 0 Å². The van der Waals surface area contributed by atoms with E-state index in [2.05, 4.69) is 0 Å². The summed E-state index contributed by atoms with van der Waals surface area (Å²) in [5.74, 6) is -3.20. The van der Waals surface area contributed by atoms with Gasteiger partial charge >= 0.3 is 0 Å². The summed E-state index contributed by atoms with van der Waals surface area (Å²) in [6.45, 7) is 0. The zero-order valence-electron chi connectivity index (χ0n) is 9.69. The molecular formula is C13H10F2N2O2. The SMILES string of the molecule is NC(=O)c1cccc(Oc2cccc(F)c2F)c1N. The quantitative estimate of drug-likeness (QED) is 0.836. The van der Waals surface area contributed by atoms with Crippen molar-refractivity contribution in [2.45, 2.75) is 0 Å². The molecule has 0 spiro atoms. The summed E-state index contributed by atoms with van der Waals surface area (Å²) in [6.07, 6.45) is 0. The molecule has 0 saturated carbocycles. The largest absolute Gasteiger partial charge is 0.452 e. The highest BCUT2D eigenvalue weighted by Crippen LogP contribution is 2.31. The number of para-hydroxylation sites is 1. The maximum Gasteiger partial charge on any atom is 0.250 e. The van der Waals surface area contributed by atoms with Gasteiger partial charge in [-0.15, -0.1) is 0 Å². The van der Waals surface area contributed by atoms with E-state index in [-0.39, 0.29) is 22.7 Å². The number of carbonyl (C=O) groups is 1. The summed E-state index contributed by atoms with van der Waals surface area (Å²) in [5.41, 5.74) is 10.8. The molecule has 4 N–H and O–H groups in total. The van der Waals surface area contributed by atoms with Gasteiger partial charge < -0.3 is 16.2 Å². The minimum atomic E-state index is -1.13. The molecule has 98 valence electrons. The van der Waals surface area contributed by atoms with E-state index in [9.17, 15) is 13.6 Å². The lowest BCUT2D eigenvalue weighted by Crippen LogP contribution is -2.13. The van der Waals surface area contributed by atoms with Crippen LogP contribution in [0.4, 0.5) is 14.5 Å². The lowest BCUT2D eigenvalue weighted by Gasteiger charge is -2.11. The van der Waals surface area contributed by atoms with E-state index >= 15 is 0 Å². The van der Waals surface area contributed by atoms with Crippen LogP contribution in [0.3, 0.4) is 0 Å². The number of amides is 1. The van der Waals surface area contributed by atoms with Gasteiger partial charge in [0.15, 0.2) is 17.3 Å². The second kappa shape index (κ2) is 4.93. The van der Waals surface area contributed by atoms with Gasteiger partial charge in [0.1, 0.15) is 0 Å². The van der Waals surface area contributed by atoms with Gasteiger partial charge in [-0.1, -0.05) is 12.1 Å². The molecule has 4 nitrogen and oxygen atoms in total. The summed E-state index contributed by atoms with van der Waals surface area (Å²) >= 11 is 0. The van der Waals surface area contributed by atoms with Crippen LogP contribution in [0.25, 0.3) is 0 Å². The third-order valence-electron chi connectivity index (χ3n) is 2.47. The molecule has 6 heteroatoms. The van der Waals surface area contributed by atoms with E-state index in [0.717, 1.165) is 6.07 Å². The van der Waals surface area contributed by atoms with E-state index in [0.29, 0.717) is 0 Å². The van der Waals surface area contributed by atoms with Gasteiger partial charge in [0.25, 0.3) is 5.91 Å². The van der Waals surface area contributed by atoms with Crippen molar-refractivity contribution in [3.63, 3.8) is 0 Å². The van der Waals surface area contributed by atoms with Crippen molar-refractivity contribution >= 4 is 11.6 Å². The summed E-state index contributed by atoms with van der Waals surface area (Å²) in [4.78, 5) is 11.1. The van der Waals surface area contributed by atoms with Gasteiger partial charge in [0, 0.05) is 0 Å². The zero-order chi connectivity index (χ0) is 14.0. The Morgan fingerprint density at radius 2 is 1.68 bits per heavy atom. The van der Waals surface area contributed by atoms with E-state index in [1.165, 1.54) is 30.3 Å². The monoisotopic (exact) mass is 264 g/mol. The molecule has 0 bridgehead atoms. The van der Waals surface area contributed by atoms with Crippen molar-refractivity contribution in [3.05, 3.63) is 53.6 Å². The van der Waals surface area contributed by atoms with Crippen LogP contribution in [0.5, 0.6) is 11.5 Å². The van der Waals surface area contributed by atoms with Gasteiger partial charge in [0.2, 0.25) is 5.82 Å². The summed E-state index contributed by atoms with van der Waals surface area (Å²) in [5, 5.41) is 0. The first-order valence-corrected chi connectivity index (χ1v) is 5.31. The summed E-state index contributed by atoms with van der Waals surface area (Å²) in [7, 11) is 0. The minimum Gasteiger partial charge on any atom is -0.452 e. The molecule has 2 aromatic carbocycles. The fraction of sp³-hybridized carbons (Fsp3) is 0. The zero-order valence-corrected chi connectivity index (χ0v) is 9.69. The second-order valence-corrected chi connectivity index (χ2v) is 3.74. The number of anilines is 1. The molecule has 0 unspecified atom stereocenters. The fourth-order valence-corrected chi connectivity index (χ4v) is 1.53. The van der Waals surface area contributed by atoms with E-state index in [1.54, 1.807) is 0 Å². The van der Waals surface area contributed by atoms with Crippen LogP contribution < -0.4 is 16.2 Å². The maximum atomic E-state index is 13.4. The number of hydrogen-bond acceptors (Lipinski definition) is 3. The molecule has 0 heterocycles. The molecule has 0 radical (unpaired) electrons. The average molecular weight is 264 g/mol. The Morgan fingerprint density at radius 3 is 2.37 bits per heavy atom. The molecule has 0 aromatic heterocycles. The highest BCUT2D eigenvalue weighted by Gasteiger charge is 2.14. The van der Waals surface area contributed by atoms with Gasteiger partial charge in [-0.05, 0) is 24.3 Å². The Hall–Kier alpha value is -2.63. The predicted molar refractivity (Wildman–Crippen MR) is 65.8 cm³/mol. The highest BCUT2D eigenvalue weighted by atomic mass is 19.2. The molecule has 0 fully saturated rings. The third-order valence-corrected chi connectivity index (χ3v) is 2.47. The van der Waals surface area contributed by atoms with Crippen molar-refractivity contribution in [2.75, 3.05) is 5.73 Å². The molecule has 19 heavy (non-hydrogen) atoms. The average Bonchev–Trinajstić information content (AvgIpc) is 2.37. The molecule has 2 rings (SSSR count). The normalized spacial score (nSPS) is 10.2. The van der Waals surface area contributed by atoms with Crippen molar-refractivity contribution in [1.82, 2.24) is 0 Å². The fourth-order valence-electron chi connectivity index (χ4n) is 1.53. The van der Waals surface area contributed by atoms with Gasteiger partial charge in [0.05, 0.1) is 11.3 Å². The van der Waals surface area contributed by atoms with Crippen molar-refractivity contribution < 1.29 is 18.3 Å². The molecule has 0 aliphatic rings. The Labute approximate surface area is 107 Å². The standard InChI is InChI=1S/C13H10F2N2O2/c14-8-4-2-5-9(11(8)15)19-10-6-1-3-7(12(10)16)13(17)18/h1-6H,16H2,(H2,17,18).